The second-order valence-electron chi connectivity index (χ2n) is 5.80. The van der Waals surface area contributed by atoms with Crippen LogP contribution in [-0.2, 0) is 4.74 Å². The van der Waals surface area contributed by atoms with Crippen molar-refractivity contribution in [1.29, 1.82) is 0 Å². The molecule has 3 aliphatic heterocycles. The molecule has 0 aromatic rings. The van der Waals surface area contributed by atoms with Gasteiger partial charge in [0.25, 0.3) is 0 Å². The van der Waals surface area contributed by atoms with Gasteiger partial charge in [0, 0.05) is 51.9 Å². The summed E-state index contributed by atoms with van der Waals surface area (Å²) >= 11 is 0. The molecule has 0 saturated carbocycles. The maximum absolute atomic E-state index is 5.88. The van der Waals surface area contributed by atoms with E-state index in [0.717, 1.165) is 12.6 Å². The molecular weight excluding hydrogens is 214 g/mol. The van der Waals surface area contributed by atoms with E-state index >= 15 is 0 Å². The van der Waals surface area contributed by atoms with Crippen molar-refractivity contribution in [2.24, 2.45) is 0 Å². The minimum atomic E-state index is 0.491. The molecule has 3 heterocycles. The highest BCUT2D eigenvalue weighted by molar-refractivity contribution is 4.91. The van der Waals surface area contributed by atoms with Gasteiger partial charge in [-0.3, -0.25) is 9.80 Å². The van der Waals surface area contributed by atoms with Gasteiger partial charge >= 0.3 is 0 Å². The molecule has 0 bridgehead atoms. The quantitative estimate of drug-likeness (QED) is 0.758. The third-order valence-electron chi connectivity index (χ3n) is 4.39. The van der Waals surface area contributed by atoms with Gasteiger partial charge in [0.05, 0.1) is 12.2 Å². The fourth-order valence-corrected chi connectivity index (χ4v) is 3.28. The standard InChI is InChI=1S/C13H25N3O/c1-11-2-3-13(17-11)10-15-8-12(9-15)16-6-4-14-5-7-16/h11-14H,2-10H2,1H3. The van der Waals surface area contributed by atoms with Gasteiger partial charge in [-0.15, -0.1) is 0 Å². The first-order chi connectivity index (χ1) is 8.31. The molecular formula is C13H25N3O. The summed E-state index contributed by atoms with van der Waals surface area (Å²) in [4.78, 5) is 5.21. The molecule has 4 heteroatoms. The fourth-order valence-electron chi connectivity index (χ4n) is 3.28. The summed E-state index contributed by atoms with van der Waals surface area (Å²) in [5.74, 6) is 0. The van der Waals surface area contributed by atoms with Crippen LogP contribution < -0.4 is 5.32 Å². The van der Waals surface area contributed by atoms with Gasteiger partial charge in [-0.1, -0.05) is 0 Å². The van der Waals surface area contributed by atoms with Crippen LogP contribution in [0.4, 0.5) is 0 Å². The smallest absolute Gasteiger partial charge is 0.0706 e. The van der Waals surface area contributed by atoms with Crippen molar-refractivity contribution in [3.05, 3.63) is 0 Å². The first-order valence-electron chi connectivity index (χ1n) is 7.14. The Balaban J connectivity index is 1.36. The molecule has 2 unspecified atom stereocenters. The van der Waals surface area contributed by atoms with E-state index < -0.39 is 0 Å². The molecule has 0 aliphatic carbocycles. The van der Waals surface area contributed by atoms with E-state index in [2.05, 4.69) is 22.0 Å². The summed E-state index contributed by atoms with van der Waals surface area (Å²) in [5.41, 5.74) is 0. The molecule has 3 aliphatic rings. The number of nitrogens with zero attached hydrogens (tertiary/aromatic N) is 2. The topological polar surface area (TPSA) is 27.7 Å². The highest BCUT2D eigenvalue weighted by Gasteiger charge is 2.34. The molecule has 0 spiro atoms. The van der Waals surface area contributed by atoms with Crippen LogP contribution in [0.5, 0.6) is 0 Å². The Bertz CT molecular complexity index is 249. The molecule has 17 heavy (non-hydrogen) atoms. The van der Waals surface area contributed by atoms with E-state index in [-0.39, 0.29) is 0 Å². The summed E-state index contributed by atoms with van der Waals surface area (Å²) in [5, 5.41) is 3.42. The Morgan fingerprint density at radius 3 is 2.59 bits per heavy atom. The zero-order chi connectivity index (χ0) is 11.7. The van der Waals surface area contributed by atoms with Gasteiger partial charge in [-0.2, -0.15) is 0 Å². The van der Waals surface area contributed by atoms with Crippen LogP contribution in [0.3, 0.4) is 0 Å². The van der Waals surface area contributed by atoms with Gasteiger partial charge in [0.2, 0.25) is 0 Å². The summed E-state index contributed by atoms with van der Waals surface area (Å²) in [6.07, 6.45) is 3.51. The van der Waals surface area contributed by atoms with Crippen LogP contribution in [0.25, 0.3) is 0 Å². The molecule has 3 rings (SSSR count). The van der Waals surface area contributed by atoms with Crippen LogP contribution in [0.1, 0.15) is 19.8 Å². The van der Waals surface area contributed by atoms with Crippen molar-refractivity contribution in [3.63, 3.8) is 0 Å². The van der Waals surface area contributed by atoms with Gasteiger partial charge in [0.1, 0.15) is 0 Å². The predicted octanol–water partition coefficient (Wildman–Crippen LogP) is 0.143. The third-order valence-corrected chi connectivity index (χ3v) is 4.39. The first-order valence-corrected chi connectivity index (χ1v) is 7.14. The summed E-state index contributed by atoms with van der Waals surface area (Å²) in [6, 6.07) is 0.816. The Kier molecular flexibility index (Phi) is 3.66. The maximum Gasteiger partial charge on any atom is 0.0706 e. The zero-order valence-electron chi connectivity index (χ0n) is 10.9. The van der Waals surface area contributed by atoms with Crippen LogP contribution in [0.2, 0.25) is 0 Å². The largest absolute Gasteiger partial charge is 0.374 e. The maximum atomic E-state index is 5.88. The zero-order valence-corrected chi connectivity index (χ0v) is 10.9. The SMILES string of the molecule is CC1CCC(CN2CC(N3CCNCC3)C2)O1. The molecule has 3 saturated heterocycles. The van der Waals surface area contributed by atoms with Gasteiger partial charge in [0.15, 0.2) is 0 Å². The van der Waals surface area contributed by atoms with Crippen molar-refractivity contribution in [1.82, 2.24) is 15.1 Å². The molecule has 1 N–H and O–H groups in total. The summed E-state index contributed by atoms with van der Waals surface area (Å²) in [7, 11) is 0. The Hall–Kier alpha value is -0.160. The average molecular weight is 239 g/mol. The second kappa shape index (κ2) is 5.22. The Morgan fingerprint density at radius 1 is 1.18 bits per heavy atom. The van der Waals surface area contributed by atoms with Crippen molar-refractivity contribution >= 4 is 0 Å². The highest BCUT2D eigenvalue weighted by Crippen LogP contribution is 2.23. The van der Waals surface area contributed by atoms with Gasteiger partial charge in [-0.05, 0) is 19.8 Å². The average Bonchev–Trinajstić information content (AvgIpc) is 2.70. The number of ether oxygens (including phenoxy) is 1. The van der Waals surface area contributed by atoms with Gasteiger partial charge in [-0.25, -0.2) is 0 Å². The lowest BCUT2D eigenvalue weighted by atomic mass is 10.0. The molecule has 0 amide bonds. The Labute approximate surface area is 104 Å². The van der Waals surface area contributed by atoms with E-state index in [1.807, 2.05) is 0 Å². The normalized spacial score (nSPS) is 37.2. The van der Waals surface area contributed by atoms with Gasteiger partial charge < -0.3 is 10.1 Å². The highest BCUT2D eigenvalue weighted by atomic mass is 16.5. The lowest BCUT2D eigenvalue weighted by Crippen LogP contribution is -2.63. The third kappa shape index (κ3) is 2.81. The Morgan fingerprint density at radius 2 is 1.94 bits per heavy atom. The van der Waals surface area contributed by atoms with Crippen molar-refractivity contribution in [2.45, 2.75) is 38.0 Å². The summed E-state index contributed by atoms with van der Waals surface area (Å²) < 4.78 is 5.88. The second-order valence-corrected chi connectivity index (χ2v) is 5.80. The van der Waals surface area contributed by atoms with Crippen LogP contribution in [0, 0.1) is 0 Å². The number of hydrogen-bond acceptors (Lipinski definition) is 4. The number of nitrogens with one attached hydrogen (secondary N) is 1. The van der Waals surface area contributed by atoms with Crippen LogP contribution >= 0.6 is 0 Å². The van der Waals surface area contributed by atoms with E-state index in [4.69, 9.17) is 4.74 Å². The minimum absolute atomic E-state index is 0.491. The number of piperazine rings is 1. The summed E-state index contributed by atoms with van der Waals surface area (Å²) in [6.45, 7) is 10.7. The van der Waals surface area contributed by atoms with Crippen molar-refractivity contribution < 1.29 is 4.74 Å². The number of rotatable bonds is 3. The molecule has 4 nitrogen and oxygen atoms in total. The lowest BCUT2D eigenvalue weighted by Gasteiger charge is -2.47. The number of likely N-dealkylation sites (tertiary alicyclic amines) is 1. The molecule has 0 aromatic heterocycles. The molecule has 0 radical (unpaired) electrons. The van der Waals surface area contributed by atoms with Crippen molar-refractivity contribution in [3.8, 4) is 0 Å². The molecule has 98 valence electrons. The molecule has 2 atom stereocenters. The lowest BCUT2D eigenvalue weighted by molar-refractivity contribution is -0.0210. The van der Waals surface area contributed by atoms with E-state index in [0.29, 0.717) is 12.2 Å². The fraction of sp³-hybridized carbons (Fsp3) is 1.00. The van der Waals surface area contributed by atoms with Crippen LogP contribution in [-0.4, -0.2) is 73.9 Å². The van der Waals surface area contributed by atoms with E-state index in [9.17, 15) is 0 Å². The molecule has 0 aromatic carbocycles. The minimum Gasteiger partial charge on any atom is -0.374 e. The monoisotopic (exact) mass is 239 g/mol. The predicted molar refractivity (Wildman–Crippen MR) is 68.2 cm³/mol. The van der Waals surface area contributed by atoms with E-state index in [1.54, 1.807) is 0 Å². The van der Waals surface area contributed by atoms with Crippen LogP contribution in [0.15, 0.2) is 0 Å². The van der Waals surface area contributed by atoms with Crippen molar-refractivity contribution in [2.75, 3.05) is 45.8 Å². The first kappa shape index (κ1) is 11.9. The number of hydrogen-bond donors (Lipinski definition) is 1. The molecule has 3 fully saturated rings. The van der Waals surface area contributed by atoms with E-state index in [1.165, 1.54) is 52.1 Å².